The van der Waals surface area contributed by atoms with Crippen molar-refractivity contribution in [3.8, 4) is 0 Å². The van der Waals surface area contributed by atoms with Crippen LogP contribution in [0.3, 0.4) is 0 Å². The highest BCUT2D eigenvalue weighted by Gasteiger charge is 2.08. The van der Waals surface area contributed by atoms with Crippen LogP contribution in [0.2, 0.25) is 0 Å². The van der Waals surface area contributed by atoms with Crippen LogP contribution in [0.1, 0.15) is 20.9 Å². The first kappa shape index (κ1) is 14.3. The van der Waals surface area contributed by atoms with Gasteiger partial charge >= 0.3 is 0 Å². The maximum absolute atomic E-state index is 11.8. The van der Waals surface area contributed by atoms with Crippen molar-refractivity contribution in [2.24, 2.45) is 0 Å². The summed E-state index contributed by atoms with van der Waals surface area (Å²) in [6.07, 6.45) is 1.43. The highest BCUT2D eigenvalue weighted by atomic mass is 79.9. The topological polar surface area (TPSA) is 71.3 Å². The van der Waals surface area contributed by atoms with Crippen molar-refractivity contribution >= 4 is 27.7 Å². The quantitative estimate of drug-likeness (QED) is 0.822. The number of halogens is 1. The normalized spacial score (nSPS) is 10.1. The van der Waals surface area contributed by atoms with Crippen molar-refractivity contribution in [2.75, 3.05) is 13.1 Å². The Hall–Kier alpha value is -2.08. The Bertz CT molecular complexity index is 579. The van der Waals surface area contributed by atoms with E-state index in [1.54, 1.807) is 36.4 Å². The summed E-state index contributed by atoms with van der Waals surface area (Å²) in [5.41, 5.74) is 0.575. The number of carbonyl (C=O) groups excluding carboxylic acids is 2. The molecule has 20 heavy (non-hydrogen) atoms. The monoisotopic (exact) mass is 336 g/mol. The van der Waals surface area contributed by atoms with Gasteiger partial charge in [-0.3, -0.25) is 9.59 Å². The molecule has 0 atom stereocenters. The summed E-state index contributed by atoms with van der Waals surface area (Å²) in [5.74, 6) is -0.220. The second kappa shape index (κ2) is 6.91. The lowest BCUT2D eigenvalue weighted by atomic mass is 10.2. The SMILES string of the molecule is O=C(NCCNC(=O)c1ccco1)c1ccc(Br)cc1. The van der Waals surface area contributed by atoms with E-state index >= 15 is 0 Å². The molecule has 2 amide bonds. The van der Waals surface area contributed by atoms with Gasteiger partial charge in [0.2, 0.25) is 0 Å². The summed E-state index contributed by atoms with van der Waals surface area (Å²) in [7, 11) is 0. The zero-order valence-corrected chi connectivity index (χ0v) is 12.1. The van der Waals surface area contributed by atoms with Crippen LogP contribution in [-0.4, -0.2) is 24.9 Å². The summed E-state index contributed by atoms with van der Waals surface area (Å²) >= 11 is 3.31. The van der Waals surface area contributed by atoms with E-state index in [1.807, 2.05) is 0 Å². The Balaban J connectivity index is 1.72. The molecule has 0 bridgehead atoms. The van der Waals surface area contributed by atoms with Crippen molar-refractivity contribution in [3.63, 3.8) is 0 Å². The van der Waals surface area contributed by atoms with Gasteiger partial charge in [-0.15, -0.1) is 0 Å². The molecule has 1 aromatic carbocycles. The first-order valence-corrected chi connectivity index (χ1v) is 6.81. The van der Waals surface area contributed by atoms with Gasteiger partial charge in [-0.25, -0.2) is 0 Å². The Morgan fingerprint density at radius 3 is 2.25 bits per heavy atom. The molecule has 0 fully saturated rings. The van der Waals surface area contributed by atoms with E-state index in [4.69, 9.17) is 4.42 Å². The van der Waals surface area contributed by atoms with Crippen LogP contribution in [0.25, 0.3) is 0 Å². The number of hydrogen-bond acceptors (Lipinski definition) is 3. The summed E-state index contributed by atoms with van der Waals surface area (Å²) in [4.78, 5) is 23.3. The number of furan rings is 1. The molecule has 0 spiro atoms. The molecule has 2 N–H and O–H groups in total. The molecular formula is C14H13BrN2O3. The van der Waals surface area contributed by atoms with Crippen molar-refractivity contribution in [1.82, 2.24) is 10.6 Å². The molecule has 0 aliphatic carbocycles. The minimum absolute atomic E-state index is 0.176. The third kappa shape index (κ3) is 3.96. The predicted molar refractivity (Wildman–Crippen MR) is 77.5 cm³/mol. The van der Waals surface area contributed by atoms with Gasteiger partial charge in [-0.2, -0.15) is 0 Å². The Morgan fingerprint density at radius 2 is 1.65 bits per heavy atom. The van der Waals surface area contributed by atoms with Crippen molar-refractivity contribution < 1.29 is 14.0 Å². The van der Waals surface area contributed by atoms with E-state index in [1.165, 1.54) is 6.26 Å². The molecule has 1 aromatic heterocycles. The lowest BCUT2D eigenvalue weighted by Gasteiger charge is -2.06. The van der Waals surface area contributed by atoms with E-state index in [0.29, 0.717) is 18.7 Å². The maximum atomic E-state index is 11.8. The Kier molecular flexibility index (Phi) is 4.95. The highest BCUT2D eigenvalue weighted by Crippen LogP contribution is 2.10. The minimum atomic E-state index is -0.298. The standard InChI is InChI=1S/C14H13BrN2O3/c15-11-5-3-10(4-6-11)13(18)16-7-8-17-14(19)12-2-1-9-20-12/h1-6,9H,7-8H2,(H,16,18)(H,17,19). The number of hydrogen-bond donors (Lipinski definition) is 2. The zero-order valence-electron chi connectivity index (χ0n) is 10.6. The number of nitrogens with one attached hydrogen (secondary N) is 2. The second-order valence-corrected chi connectivity index (χ2v) is 4.91. The lowest BCUT2D eigenvalue weighted by molar-refractivity contribution is 0.0910. The molecule has 6 heteroatoms. The van der Waals surface area contributed by atoms with E-state index in [2.05, 4.69) is 26.6 Å². The fourth-order valence-electron chi connectivity index (χ4n) is 1.55. The Morgan fingerprint density at radius 1 is 1.00 bits per heavy atom. The molecule has 2 rings (SSSR count). The number of rotatable bonds is 5. The summed E-state index contributed by atoms with van der Waals surface area (Å²) < 4.78 is 5.87. The smallest absolute Gasteiger partial charge is 0.287 e. The lowest BCUT2D eigenvalue weighted by Crippen LogP contribution is -2.34. The fraction of sp³-hybridized carbons (Fsp3) is 0.143. The first-order valence-electron chi connectivity index (χ1n) is 6.02. The predicted octanol–water partition coefficient (Wildman–Crippen LogP) is 2.20. The molecule has 0 radical (unpaired) electrons. The number of carbonyl (C=O) groups is 2. The zero-order chi connectivity index (χ0) is 14.4. The molecule has 0 aliphatic heterocycles. The average Bonchev–Trinajstić information content (AvgIpc) is 2.98. The maximum Gasteiger partial charge on any atom is 0.287 e. The minimum Gasteiger partial charge on any atom is -0.459 e. The van der Waals surface area contributed by atoms with Crippen LogP contribution in [0, 0.1) is 0 Å². The van der Waals surface area contributed by atoms with Gasteiger partial charge in [-0.1, -0.05) is 15.9 Å². The number of benzene rings is 1. The third-order valence-corrected chi connectivity index (χ3v) is 3.08. The van der Waals surface area contributed by atoms with E-state index in [-0.39, 0.29) is 17.6 Å². The first-order chi connectivity index (χ1) is 9.66. The van der Waals surface area contributed by atoms with Crippen molar-refractivity contribution in [2.45, 2.75) is 0 Å². The Labute approximate surface area is 124 Å². The molecule has 104 valence electrons. The largest absolute Gasteiger partial charge is 0.459 e. The highest BCUT2D eigenvalue weighted by molar-refractivity contribution is 9.10. The van der Waals surface area contributed by atoms with Crippen LogP contribution in [-0.2, 0) is 0 Å². The van der Waals surface area contributed by atoms with Gasteiger partial charge in [0.1, 0.15) is 0 Å². The molecule has 0 unspecified atom stereocenters. The third-order valence-electron chi connectivity index (χ3n) is 2.55. The van der Waals surface area contributed by atoms with E-state index in [9.17, 15) is 9.59 Å². The number of amides is 2. The summed E-state index contributed by atoms with van der Waals surface area (Å²) in [6, 6.07) is 10.3. The fourth-order valence-corrected chi connectivity index (χ4v) is 1.81. The van der Waals surface area contributed by atoms with Gasteiger partial charge in [-0.05, 0) is 36.4 Å². The van der Waals surface area contributed by atoms with Gasteiger partial charge < -0.3 is 15.1 Å². The van der Waals surface area contributed by atoms with Crippen LogP contribution in [0.5, 0.6) is 0 Å². The van der Waals surface area contributed by atoms with Gasteiger partial charge in [0.25, 0.3) is 11.8 Å². The molecule has 0 saturated heterocycles. The van der Waals surface area contributed by atoms with Crippen LogP contribution in [0.4, 0.5) is 0 Å². The molecule has 0 aliphatic rings. The molecule has 2 aromatic rings. The van der Waals surface area contributed by atoms with E-state index < -0.39 is 0 Å². The second-order valence-electron chi connectivity index (χ2n) is 4.00. The van der Waals surface area contributed by atoms with Gasteiger partial charge in [0.15, 0.2) is 5.76 Å². The molecule has 1 heterocycles. The molecule has 5 nitrogen and oxygen atoms in total. The summed E-state index contributed by atoms with van der Waals surface area (Å²) in [5, 5.41) is 5.37. The van der Waals surface area contributed by atoms with Crippen molar-refractivity contribution in [1.29, 1.82) is 0 Å². The van der Waals surface area contributed by atoms with Gasteiger partial charge in [0, 0.05) is 23.1 Å². The van der Waals surface area contributed by atoms with Gasteiger partial charge in [0.05, 0.1) is 6.26 Å². The van der Waals surface area contributed by atoms with Crippen LogP contribution >= 0.6 is 15.9 Å². The average molecular weight is 337 g/mol. The van der Waals surface area contributed by atoms with E-state index in [0.717, 1.165) is 4.47 Å². The van der Waals surface area contributed by atoms with Crippen molar-refractivity contribution in [3.05, 3.63) is 58.5 Å². The van der Waals surface area contributed by atoms with Crippen LogP contribution < -0.4 is 10.6 Å². The van der Waals surface area contributed by atoms with Crippen LogP contribution in [0.15, 0.2) is 51.6 Å². The molecule has 0 saturated carbocycles. The molecular weight excluding hydrogens is 324 g/mol. The summed E-state index contributed by atoms with van der Waals surface area (Å²) in [6.45, 7) is 0.684.